The van der Waals surface area contributed by atoms with Gasteiger partial charge >= 0.3 is 12.0 Å². The zero-order valence-electron chi connectivity index (χ0n) is 13.5. The Morgan fingerprint density at radius 1 is 1.38 bits per heavy atom. The van der Waals surface area contributed by atoms with E-state index in [4.69, 9.17) is 0 Å². The molecule has 1 fully saturated rings. The molecule has 122 valence electrons. The van der Waals surface area contributed by atoms with Gasteiger partial charge in [0, 0.05) is 26.2 Å². The number of carboxylic acid groups (broad SMARTS) is 1. The van der Waals surface area contributed by atoms with E-state index in [0.29, 0.717) is 32.5 Å². The Balaban J connectivity index is 2.54. The molecule has 1 unspecified atom stereocenters. The van der Waals surface area contributed by atoms with Gasteiger partial charge in [0.2, 0.25) is 0 Å². The van der Waals surface area contributed by atoms with Crippen LogP contribution < -0.4 is 5.32 Å². The van der Waals surface area contributed by atoms with Gasteiger partial charge in [-0.3, -0.25) is 4.79 Å². The summed E-state index contributed by atoms with van der Waals surface area (Å²) in [6, 6.07) is -0.138. The lowest BCUT2D eigenvalue weighted by Crippen LogP contribution is -2.53. The van der Waals surface area contributed by atoms with Crippen molar-refractivity contribution in [1.29, 1.82) is 0 Å². The number of carboxylic acids is 1. The molecule has 0 radical (unpaired) electrons. The number of piperidine rings is 1. The highest BCUT2D eigenvalue weighted by atomic mass is 16.4. The Morgan fingerprint density at radius 2 is 2.10 bits per heavy atom. The van der Waals surface area contributed by atoms with Crippen molar-refractivity contribution in [3.05, 3.63) is 0 Å². The molecule has 1 saturated heterocycles. The first kappa shape index (κ1) is 17.8. The molecule has 21 heavy (non-hydrogen) atoms. The molecule has 1 aliphatic heterocycles. The van der Waals surface area contributed by atoms with Gasteiger partial charge in [0.1, 0.15) is 0 Å². The minimum absolute atomic E-state index is 0.138. The molecule has 0 aromatic heterocycles. The fourth-order valence-corrected chi connectivity index (χ4v) is 2.89. The Kier molecular flexibility index (Phi) is 6.95. The molecule has 1 heterocycles. The van der Waals surface area contributed by atoms with E-state index in [-0.39, 0.29) is 6.03 Å². The molecule has 2 N–H and O–H groups in total. The van der Waals surface area contributed by atoms with Gasteiger partial charge in [0.05, 0.1) is 5.41 Å². The summed E-state index contributed by atoms with van der Waals surface area (Å²) in [5, 5.41) is 12.4. The third-order valence-electron chi connectivity index (χ3n) is 4.36. The number of carbonyl (C=O) groups excluding carboxylic acids is 1. The van der Waals surface area contributed by atoms with Crippen molar-refractivity contribution in [3.8, 4) is 0 Å². The number of hydrogen-bond donors (Lipinski definition) is 2. The Labute approximate surface area is 127 Å². The number of nitrogens with zero attached hydrogens (tertiary/aromatic N) is 2. The molecule has 6 nitrogen and oxygen atoms in total. The normalized spacial score (nSPS) is 22.4. The molecule has 1 atom stereocenters. The number of nitrogens with one attached hydrogen (secondary N) is 1. The Morgan fingerprint density at radius 3 is 2.67 bits per heavy atom. The fourth-order valence-electron chi connectivity index (χ4n) is 2.89. The molecule has 0 saturated carbocycles. The molecule has 6 heteroatoms. The lowest BCUT2D eigenvalue weighted by Gasteiger charge is -2.39. The van der Waals surface area contributed by atoms with Crippen molar-refractivity contribution in [3.63, 3.8) is 0 Å². The van der Waals surface area contributed by atoms with E-state index in [1.165, 1.54) is 0 Å². The summed E-state index contributed by atoms with van der Waals surface area (Å²) < 4.78 is 0. The molecular weight excluding hydrogens is 270 g/mol. The standard InChI is InChI=1S/C15H29N3O3/c1-4-7-15(13(19)20)8-6-10-18(12-15)14(21)16-9-11-17(3)5-2/h4-12H2,1-3H3,(H,16,21)(H,19,20). The number of amides is 2. The highest BCUT2D eigenvalue weighted by molar-refractivity contribution is 5.78. The molecular formula is C15H29N3O3. The first-order valence-corrected chi connectivity index (χ1v) is 7.90. The van der Waals surface area contributed by atoms with Gasteiger partial charge in [0.15, 0.2) is 0 Å². The summed E-state index contributed by atoms with van der Waals surface area (Å²) in [4.78, 5) is 27.6. The van der Waals surface area contributed by atoms with Crippen LogP contribution in [0.15, 0.2) is 0 Å². The van der Waals surface area contributed by atoms with Crippen LogP contribution in [0.2, 0.25) is 0 Å². The highest BCUT2D eigenvalue weighted by Gasteiger charge is 2.42. The smallest absolute Gasteiger partial charge is 0.317 e. The number of urea groups is 1. The monoisotopic (exact) mass is 299 g/mol. The minimum Gasteiger partial charge on any atom is -0.481 e. The largest absolute Gasteiger partial charge is 0.481 e. The van der Waals surface area contributed by atoms with Crippen molar-refractivity contribution in [2.75, 3.05) is 39.8 Å². The minimum atomic E-state index is -0.771. The fraction of sp³-hybridized carbons (Fsp3) is 0.867. The second kappa shape index (κ2) is 8.22. The van der Waals surface area contributed by atoms with Crippen molar-refractivity contribution >= 4 is 12.0 Å². The number of likely N-dealkylation sites (tertiary alicyclic amines) is 1. The lowest BCUT2D eigenvalue weighted by atomic mass is 9.76. The van der Waals surface area contributed by atoms with Crippen LogP contribution >= 0.6 is 0 Å². The molecule has 1 rings (SSSR count). The first-order valence-electron chi connectivity index (χ1n) is 7.90. The third kappa shape index (κ3) is 4.88. The molecule has 0 bridgehead atoms. The van der Waals surface area contributed by atoms with Gasteiger partial charge in [-0.1, -0.05) is 20.3 Å². The van der Waals surface area contributed by atoms with Crippen molar-refractivity contribution < 1.29 is 14.7 Å². The summed E-state index contributed by atoms with van der Waals surface area (Å²) in [6.45, 7) is 7.36. The van der Waals surface area contributed by atoms with E-state index < -0.39 is 11.4 Å². The van der Waals surface area contributed by atoms with Gasteiger partial charge in [-0.05, 0) is 32.9 Å². The van der Waals surface area contributed by atoms with Crippen LogP contribution in [0.4, 0.5) is 4.79 Å². The van der Waals surface area contributed by atoms with E-state index >= 15 is 0 Å². The molecule has 0 aromatic carbocycles. The first-order chi connectivity index (χ1) is 9.95. The predicted molar refractivity (Wildman–Crippen MR) is 82.4 cm³/mol. The van der Waals surface area contributed by atoms with E-state index in [2.05, 4.69) is 17.1 Å². The van der Waals surface area contributed by atoms with Crippen molar-refractivity contribution in [1.82, 2.24) is 15.1 Å². The number of likely N-dealkylation sites (N-methyl/N-ethyl adjacent to an activating group) is 1. The SMILES string of the molecule is CCCC1(C(=O)O)CCCN(C(=O)NCCN(C)CC)C1. The van der Waals surface area contributed by atoms with Crippen LogP contribution in [-0.4, -0.2) is 66.7 Å². The molecule has 2 amide bonds. The zero-order valence-corrected chi connectivity index (χ0v) is 13.5. The topological polar surface area (TPSA) is 72.9 Å². The molecule has 0 spiro atoms. The van der Waals surface area contributed by atoms with Crippen LogP contribution in [0, 0.1) is 5.41 Å². The van der Waals surface area contributed by atoms with E-state index in [9.17, 15) is 14.7 Å². The van der Waals surface area contributed by atoms with Crippen LogP contribution in [0.1, 0.15) is 39.5 Å². The average Bonchev–Trinajstić information content (AvgIpc) is 2.47. The highest BCUT2D eigenvalue weighted by Crippen LogP contribution is 2.35. The van der Waals surface area contributed by atoms with Gasteiger partial charge < -0.3 is 20.2 Å². The van der Waals surface area contributed by atoms with Crippen molar-refractivity contribution in [2.45, 2.75) is 39.5 Å². The molecule has 1 aliphatic rings. The van der Waals surface area contributed by atoms with Crippen LogP contribution in [0.25, 0.3) is 0 Å². The summed E-state index contributed by atoms with van der Waals surface area (Å²) >= 11 is 0. The maximum absolute atomic E-state index is 12.2. The molecule has 0 aromatic rings. The van der Waals surface area contributed by atoms with Crippen LogP contribution in [0.5, 0.6) is 0 Å². The van der Waals surface area contributed by atoms with Gasteiger partial charge in [-0.15, -0.1) is 0 Å². The zero-order chi connectivity index (χ0) is 15.9. The van der Waals surface area contributed by atoms with Gasteiger partial charge in [-0.2, -0.15) is 0 Å². The van der Waals surface area contributed by atoms with E-state index in [1.807, 2.05) is 14.0 Å². The van der Waals surface area contributed by atoms with Crippen molar-refractivity contribution in [2.24, 2.45) is 5.41 Å². The van der Waals surface area contributed by atoms with Gasteiger partial charge in [-0.25, -0.2) is 4.79 Å². The van der Waals surface area contributed by atoms with Crippen LogP contribution in [-0.2, 0) is 4.79 Å². The van der Waals surface area contributed by atoms with E-state index in [1.54, 1.807) is 4.90 Å². The summed E-state index contributed by atoms with van der Waals surface area (Å²) in [5.41, 5.74) is -0.759. The third-order valence-corrected chi connectivity index (χ3v) is 4.36. The van der Waals surface area contributed by atoms with E-state index in [0.717, 1.165) is 25.9 Å². The maximum Gasteiger partial charge on any atom is 0.317 e. The second-order valence-electron chi connectivity index (χ2n) is 5.99. The molecule has 0 aliphatic carbocycles. The quantitative estimate of drug-likeness (QED) is 0.749. The second-order valence-corrected chi connectivity index (χ2v) is 5.99. The Hall–Kier alpha value is -1.30. The number of hydrogen-bond acceptors (Lipinski definition) is 3. The number of rotatable bonds is 7. The lowest BCUT2D eigenvalue weighted by molar-refractivity contribution is -0.152. The maximum atomic E-state index is 12.2. The predicted octanol–water partition coefficient (Wildman–Crippen LogP) is 1.61. The number of carbonyl (C=O) groups is 2. The Bertz CT molecular complexity index is 358. The summed E-state index contributed by atoms with van der Waals surface area (Å²) in [5.74, 6) is -0.771. The summed E-state index contributed by atoms with van der Waals surface area (Å²) in [6.07, 6.45) is 2.88. The van der Waals surface area contributed by atoms with Gasteiger partial charge in [0.25, 0.3) is 0 Å². The number of aliphatic carboxylic acids is 1. The van der Waals surface area contributed by atoms with Crippen LogP contribution in [0.3, 0.4) is 0 Å². The average molecular weight is 299 g/mol. The summed E-state index contributed by atoms with van der Waals surface area (Å²) in [7, 11) is 2.00.